The Bertz CT molecular complexity index is 984. The van der Waals surface area contributed by atoms with Crippen LogP contribution in [-0.4, -0.2) is 19.8 Å². The van der Waals surface area contributed by atoms with Gasteiger partial charge in [0.2, 0.25) is 11.6 Å². The van der Waals surface area contributed by atoms with E-state index in [0.29, 0.717) is 5.69 Å². The molecule has 2 heterocycles. The van der Waals surface area contributed by atoms with Crippen molar-refractivity contribution >= 4 is 34.6 Å². The molecule has 0 aliphatic heterocycles. The fourth-order valence-electron chi connectivity index (χ4n) is 1.99. The lowest BCUT2D eigenvalue weighted by Gasteiger charge is -2.01. The van der Waals surface area contributed by atoms with E-state index in [0.717, 1.165) is 5.56 Å². The summed E-state index contributed by atoms with van der Waals surface area (Å²) in [6, 6.07) is 14.8. The zero-order valence-electron chi connectivity index (χ0n) is 13.7. The number of pyridine rings is 2. The maximum atomic E-state index is 10.6. The van der Waals surface area contributed by atoms with Crippen molar-refractivity contribution in [1.82, 2.24) is 9.97 Å². The molecule has 0 saturated heterocycles. The third-order valence-corrected chi connectivity index (χ3v) is 3.44. The summed E-state index contributed by atoms with van der Waals surface area (Å²) in [6.07, 6.45) is 0. The lowest BCUT2D eigenvalue weighted by Crippen LogP contribution is -1.99. The molecule has 0 amide bonds. The third kappa shape index (κ3) is 5.09. The highest BCUT2D eigenvalue weighted by Gasteiger charge is 2.13. The number of halogens is 1. The van der Waals surface area contributed by atoms with E-state index in [1.54, 1.807) is 6.07 Å². The molecule has 10 nitrogen and oxygen atoms in total. The van der Waals surface area contributed by atoms with E-state index in [9.17, 15) is 20.2 Å². The lowest BCUT2D eigenvalue weighted by molar-refractivity contribution is -0.384. The van der Waals surface area contributed by atoms with Crippen LogP contribution in [0.5, 0.6) is 0 Å². The van der Waals surface area contributed by atoms with Crippen LogP contribution in [0.1, 0.15) is 0 Å². The van der Waals surface area contributed by atoms with Crippen LogP contribution in [0.15, 0.2) is 54.6 Å². The van der Waals surface area contributed by atoms with Crippen molar-refractivity contribution in [2.75, 3.05) is 11.5 Å². The van der Waals surface area contributed by atoms with Gasteiger partial charge in [0.15, 0.2) is 0 Å². The second-order valence-electron chi connectivity index (χ2n) is 5.02. The lowest BCUT2D eigenvalue weighted by atomic mass is 10.1. The van der Waals surface area contributed by atoms with Gasteiger partial charge in [0.05, 0.1) is 15.5 Å². The molecule has 0 aliphatic rings. The Kier molecular flexibility index (Phi) is 6.18. The molecule has 4 N–H and O–H groups in total. The first-order valence-corrected chi connectivity index (χ1v) is 7.70. The molecule has 0 spiro atoms. The van der Waals surface area contributed by atoms with Crippen molar-refractivity contribution in [3.63, 3.8) is 0 Å². The average Bonchev–Trinajstić information content (AvgIpc) is 2.62. The number of benzene rings is 1. The predicted molar refractivity (Wildman–Crippen MR) is 101 cm³/mol. The molecule has 11 heteroatoms. The molecule has 0 fully saturated rings. The summed E-state index contributed by atoms with van der Waals surface area (Å²) in [5.41, 5.74) is 11.8. The smallest absolute Gasteiger partial charge is 0.311 e. The van der Waals surface area contributed by atoms with E-state index in [1.807, 2.05) is 30.3 Å². The van der Waals surface area contributed by atoms with Gasteiger partial charge in [-0.2, -0.15) is 0 Å². The van der Waals surface area contributed by atoms with E-state index in [4.69, 9.17) is 23.1 Å². The molecular weight excluding hydrogens is 376 g/mol. The molecule has 3 aromatic rings. The van der Waals surface area contributed by atoms with Crippen molar-refractivity contribution in [2.45, 2.75) is 0 Å². The molecule has 138 valence electrons. The Morgan fingerprint density at radius 1 is 0.778 bits per heavy atom. The Morgan fingerprint density at radius 3 is 1.78 bits per heavy atom. The zero-order chi connectivity index (χ0) is 20.0. The van der Waals surface area contributed by atoms with Crippen molar-refractivity contribution in [3.05, 3.63) is 80.0 Å². The number of nitro groups is 2. The molecular formula is C16H13ClN6O4. The Morgan fingerprint density at radius 2 is 1.30 bits per heavy atom. The van der Waals surface area contributed by atoms with Crippen molar-refractivity contribution in [1.29, 1.82) is 0 Å². The average molecular weight is 389 g/mol. The Balaban J connectivity index is 0.000000208. The van der Waals surface area contributed by atoms with Gasteiger partial charge in [-0.3, -0.25) is 20.2 Å². The van der Waals surface area contributed by atoms with Crippen molar-refractivity contribution in [2.24, 2.45) is 0 Å². The molecule has 3 rings (SSSR count). The number of aromatic nitrogens is 2. The zero-order valence-corrected chi connectivity index (χ0v) is 14.4. The first kappa shape index (κ1) is 19.5. The van der Waals surface area contributed by atoms with E-state index in [1.165, 1.54) is 18.2 Å². The number of nitrogens with two attached hydrogens (primary N) is 2. The fraction of sp³-hybridized carbons (Fsp3) is 0. The summed E-state index contributed by atoms with van der Waals surface area (Å²) >= 11 is 5.41. The minimum absolute atomic E-state index is 0.0636. The number of anilines is 2. The molecule has 0 unspecified atom stereocenters. The summed E-state index contributed by atoms with van der Waals surface area (Å²) in [5.74, 6) is -0.228. The maximum Gasteiger partial charge on any atom is 0.311 e. The SMILES string of the molecule is Nc1nc(-c2ccccc2)ccc1[N+](=O)[O-].Nc1nc(Cl)ccc1[N+](=O)[O-]. The van der Waals surface area contributed by atoms with Crippen LogP contribution in [0.3, 0.4) is 0 Å². The molecule has 0 bridgehead atoms. The van der Waals surface area contributed by atoms with Gasteiger partial charge in [0.1, 0.15) is 5.15 Å². The minimum Gasteiger partial charge on any atom is -0.378 e. The van der Waals surface area contributed by atoms with Gasteiger partial charge in [0, 0.05) is 17.7 Å². The quantitative estimate of drug-likeness (QED) is 0.391. The van der Waals surface area contributed by atoms with Crippen molar-refractivity contribution < 1.29 is 9.85 Å². The summed E-state index contributed by atoms with van der Waals surface area (Å²) in [5, 5.41) is 20.9. The Hall–Kier alpha value is -3.79. The number of nitrogen functional groups attached to an aromatic ring is 2. The van der Waals surface area contributed by atoms with E-state index in [2.05, 4.69) is 9.97 Å². The van der Waals surface area contributed by atoms with Gasteiger partial charge in [0.25, 0.3) is 0 Å². The highest BCUT2D eigenvalue weighted by molar-refractivity contribution is 6.29. The largest absolute Gasteiger partial charge is 0.378 e. The summed E-state index contributed by atoms with van der Waals surface area (Å²) in [6.45, 7) is 0. The van der Waals surface area contributed by atoms with E-state index in [-0.39, 0.29) is 28.2 Å². The number of nitrogens with zero attached hydrogens (tertiary/aromatic N) is 4. The Labute approximate surface area is 157 Å². The van der Waals surface area contributed by atoms with Crippen LogP contribution >= 0.6 is 11.6 Å². The molecule has 2 aromatic heterocycles. The maximum absolute atomic E-state index is 10.6. The normalized spacial score (nSPS) is 9.81. The molecule has 1 aromatic carbocycles. The molecule has 0 atom stereocenters. The highest BCUT2D eigenvalue weighted by Crippen LogP contribution is 2.24. The van der Waals surface area contributed by atoms with Crippen LogP contribution < -0.4 is 11.5 Å². The second kappa shape index (κ2) is 8.54. The van der Waals surface area contributed by atoms with Crippen LogP contribution in [0, 0.1) is 20.2 Å². The van der Waals surface area contributed by atoms with Gasteiger partial charge in [-0.1, -0.05) is 41.9 Å². The summed E-state index contributed by atoms with van der Waals surface area (Å²) < 4.78 is 0. The number of hydrogen-bond acceptors (Lipinski definition) is 8. The summed E-state index contributed by atoms with van der Waals surface area (Å²) in [4.78, 5) is 27.1. The third-order valence-electron chi connectivity index (χ3n) is 3.23. The fourth-order valence-corrected chi connectivity index (χ4v) is 2.14. The van der Waals surface area contributed by atoms with Gasteiger partial charge in [-0.25, -0.2) is 9.97 Å². The molecule has 27 heavy (non-hydrogen) atoms. The highest BCUT2D eigenvalue weighted by atomic mass is 35.5. The van der Waals surface area contributed by atoms with Crippen LogP contribution in [0.25, 0.3) is 11.3 Å². The second-order valence-corrected chi connectivity index (χ2v) is 5.41. The first-order valence-electron chi connectivity index (χ1n) is 7.32. The minimum atomic E-state index is -0.612. The van der Waals surface area contributed by atoms with E-state index < -0.39 is 9.85 Å². The monoisotopic (exact) mass is 388 g/mol. The molecule has 0 saturated carbocycles. The van der Waals surface area contributed by atoms with Crippen LogP contribution in [0.4, 0.5) is 23.0 Å². The standard InChI is InChI=1S/C11H9N3O2.C5H4ClN3O2/c12-11-10(14(15)16)7-6-9(13-11)8-4-2-1-3-5-8;6-4-2-1-3(9(10)11)5(7)8-4/h1-7H,(H2,12,13);1-2H,(H2,7,8). The topological polar surface area (TPSA) is 164 Å². The van der Waals surface area contributed by atoms with Gasteiger partial charge in [-0.05, 0) is 12.1 Å². The summed E-state index contributed by atoms with van der Waals surface area (Å²) in [7, 11) is 0. The van der Waals surface area contributed by atoms with Crippen LogP contribution in [-0.2, 0) is 0 Å². The number of rotatable bonds is 3. The first-order chi connectivity index (χ1) is 12.8. The molecule has 0 radical (unpaired) electrons. The van der Waals surface area contributed by atoms with Gasteiger partial charge in [-0.15, -0.1) is 0 Å². The van der Waals surface area contributed by atoms with Crippen LogP contribution in [0.2, 0.25) is 5.15 Å². The number of hydrogen-bond donors (Lipinski definition) is 2. The molecule has 0 aliphatic carbocycles. The predicted octanol–water partition coefficient (Wildman–Crippen LogP) is 3.46. The van der Waals surface area contributed by atoms with Gasteiger partial charge >= 0.3 is 11.4 Å². The van der Waals surface area contributed by atoms with E-state index >= 15 is 0 Å². The van der Waals surface area contributed by atoms with Gasteiger partial charge < -0.3 is 11.5 Å². The van der Waals surface area contributed by atoms with Crippen molar-refractivity contribution in [3.8, 4) is 11.3 Å².